The first kappa shape index (κ1) is 17.3. The van der Waals surface area contributed by atoms with E-state index in [-0.39, 0.29) is 18.2 Å². The second-order valence-corrected chi connectivity index (χ2v) is 7.14. The van der Waals surface area contributed by atoms with Crippen LogP contribution in [0.5, 0.6) is 0 Å². The van der Waals surface area contributed by atoms with E-state index in [9.17, 15) is 14.4 Å². The lowest BCUT2D eigenvalue weighted by atomic mass is 10.0. The van der Waals surface area contributed by atoms with E-state index in [0.717, 1.165) is 22.5 Å². The SMILES string of the molecule is O=C1CCC(N2Cc3cc(-c4cnnn4-c4ccccc4)ccc3C2=O)C(=O)N1. The first-order valence-corrected chi connectivity index (χ1v) is 9.36. The van der Waals surface area contributed by atoms with E-state index in [1.807, 2.05) is 42.5 Å². The molecular weight excluding hydrogens is 370 g/mol. The Labute approximate surface area is 166 Å². The predicted octanol–water partition coefficient (Wildman–Crippen LogP) is 1.70. The number of fused-ring (bicyclic) bond motifs is 1. The number of nitrogens with zero attached hydrogens (tertiary/aromatic N) is 4. The van der Waals surface area contributed by atoms with Crippen molar-refractivity contribution in [3.05, 3.63) is 65.9 Å². The van der Waals surface area contributed by atoms with E-state index in [4.69, 9.17) is 0 Å². The Morgan fingerprint density at radius 3 is 2.66 bits per heavy atom. The van der Waals surface area contributed by atoms with Crippen molar-refractivity contribution in [1.82, 2.24) is 25.2 Å². The molecule has 1 unspecified atom stereocenters. The van der Waals surface area contributed by atoms with Crippen molar-refractivity contribution in [2.75, 3.05) is 0 Å². The minimum Gasteiger partial charge on any atom is -0.322 e. The maximum atomic E-state index is 12.8. The van der Waals surface area contributed by atoms with Gasteiger partial charge in [-0.05, 0) is 36.2 Å². The van der Waals surface area contributed by atoms with Crippen LogP contribution in [-0.2, 0) is 16.1 Å². The van der Waals surface area contributed by atoms with Crippen LogP contribution < -0.4 is 5.32 Å². The number of carbonyl (C=O) groups excluding carboxylic acids is 3. The van der Waals surface area contributed by atoms with E-state index in [0.29, 0.717) is 18.5 Å². The second kappa shape index (κ2) is 6.66. The number of carbonyl (C=O) groups is 3. The van der Waals surface area contributed by atoms with Crippen LogP contribution >= 0.6 is 0 Å². The minimum atomic E-state index is -0.618. The van der Waals surface area contributed by atoms with Gasteiger partial charge in [0, 0.05) is 24.1 Å². The second-order valence-electron chi connectivity index (χ2n) is 7.14. The molecule has 2 aromatic carbocycles. The molecule has 3 aromatic rings. The van der Waals surface area contributed by atoms with Crippen LogP contribution in [-0.4, -0.2) is 43.7 Å². The summed E-state index contributed by atoms with van der Waals surface area (Å²) in [5.74, 6) is -0.885. The van der Waals surface area contributed by atoms with Crippen LogP contribution in [0.4, 0.5) is 0 Å². The van der Waals surface area contributed by atoms with Crippen molar-refractivity contribution in [2.45, 2.75) is 25.4 Å². The molecule has 0 aliphatic carbocycles. The molecule has 0 saturated carbocycles. The van der Waals surface area contributed by atoms with Gasteiger partial charge in [-0.2, -0.15) is 0 Å². The Balaban J connectivity index is 1.47. The molecule has 1 saturated heterocycles. The average Bonchev–Trinajstić information content (AvgIpc) is 3.34. The molecule has 2 aliphatic heterocycles. The minimum absolute atomic E-state index is 0.184. The topological polar surface area (TPSA) is 97.2 Å². The molecule has 3 heterocycles. The Morgan fingerprint density at radius 1 is 1.03 bits per heavy atom. The number of hydrogen-bond donors (Lipinski definition) is 1. The van der Waals surface area contributed by atoms with Crippen LogP contribution in [0.2, 0.25) is 0 Å². The number of para-hydroxylation sites is 1. The Kier molecular flexibility index (Phi) is 3.97. The molecule has 2 aliphatic rings. The van der Waals surface area contributed by atoms with E-state index >= 15 is 0 Å². The van der Waals surface area contributed by atoms with Gasteiger partial charge in [-0.1, -0.05) is 29.5 Å². The summed E-state index contributed by atoms with van der Waals surface area (Å²) in [6.45, 7) is 0.335. The van der Waals surface area contributed by atoms with Gasteiger partial charge in [-0.3, -0.25) is 19.7 Å². The quantitative estimate of drug-likeness (QED) is 0.690. The number of rotatable bonds is 3. The van der Waals surface area contributed by atoms with Gasteiger partial charge < -0.3 is 4.90 Å². The molecule has 1 aromatic heterocycles. The largest absolute Gasteiger partial charge is 0.322 e. The van der Waals surface area contributed by atoms with Crippen LogP contribution in [0.15, 0.2) is 54.7 Å². The highest BCUT2D eigenvalue weighted by Crippen LogP contribution is 2.31. The summed E-state index contributed by atoms with van der Waals surface area (Å²) in [4.78, 5) is 38.0. The van der Waals surface area contributed by atoms with E-state index in [2.05, 4.69) is 15.6 Å². The Bertz CT molecular complexity index is 1140. The van der Waals surface area contributed by atoms with E-state index in [1.54, 1.807) is 21.8 Å². The molecule has 29 heavy (non-hydrogen) atoms. The van der Waals surface area contributed by atoms with Crippen molar-refractivity contribution < 1.29 is 14.4 Å². The van der Waals surface area contributed by atoms with Gasteiger partial charge in [0.1, 0.15) is 6.04 Å². The molecule has 5 rings (SSSR count). The fraction of sp³-hybridized carbons (Fsp3) is 0.190. The Morgan fingerprint density at radius 2 is 1.86 bits per heavy atom. The van der Waals surface area contributed by atoms with Crippen LogP contribution in [0.1, 0.15) is 28.8 Å². The summed E-state index contributed by atoms with van der Waals surface area (Å²) < 4.78 is 1.75. The molecule has 3 amide bonds. The van der Waals surface area contributed by atoms with Gasteiger partial charge in [0.15, 0.2) is 0 Å². The maximum absolute atomic E-state index is 12.8. The van der Waals surface area contributed by atoms with Crippen LogP contribution in [0, 0.1) is 0 Å². The van der Waals surface area contributed by atoms with Gasteiger partial charge in [0.05, 0.1) is 17.6 Å². The molecule has 8 nitrogen and oxygen atoms in total. The molecule has 0 spiro atoms. The normalized spacial score (nSPS) is 18.7. The molecule has 1 atom stereocenters. The number of imide groups is 1. The molecular formula is C21H17N5O3. The van der Waals surface area contributed by atoms with Gasteiger partial charge in [-0.25, -0.2) is 4.68 Å². The van der Waals surface area contributed by atoms with E-state index < -0.39 is 11.9 Å². The lowest BCUT2D eigenvalue weighted by molar-refractivity contribution is -0.136. The molecule has 1 N–H and O–H groups in total. The third kappa shape index (κ3) is 2.89. The van der Waals surface area contributed by atoms with Crippen molar-refractivity contribution in [2.24, 2.45) is 0 Å². The highest BCUT2D eigenvalue weighted by Gasteiger charge is 2.39. The predicted molar refractivity (Wildman–Crippen MR) is 103 cm³/mol. The lowest BCUT2D eigenvalue weighted by Gasteiger charge is -2.29. The molecule has 1 fully saturated rings. The number of hydrogen-bond acceptors (Lipinski definition) is 5. The first-order chi connectivity index (χ1) is 14.1. The zero-order chi connectivity index (χ0) is 20.0. The monoisotopic (exact) mass is 387 g/mol. The van der Waals surface area contributed by atoms with Gasteiger partial charge in [0.25, 0.3) is 5.91 Å². The van der Waals surface area contributed by atoms with Crippen molar-refractivity contribution in [1.29, 1.82) is 0 Å². The third-order valence-corrected chi connectivity index (χ3v) is 5.37. The number of benzene rings is 2. The smallest absolute Gasteiger partial charge is 0.255 e. The van der Waals surface area contributed by atoms with Gasteiger partial charge in [-0.15, -0.1) is 5.10 Å². The zero-order valence-electron chi connectivity index (χ0n) is 15.4. The molecule has 8 heteroatoms. The molecule has 144 valence electrons. The Hall–Kier alpha value is -3.81. The number of amides is 3. The highest BCUT2D eigenvalue weighted by atomic mass is 16.2. The summed E-state index contributed by atoms with van der Waals surface area (Å²) >= 11 is 0. The fourth-order valence-corrected chi connectivity index (χ4v) is 3.93. The van der Waals surface area contributed by atoms with Gasteiger partial charge in [0.2, 0.25) is 11.8 Å². The molecule has 0 radical (unpaired) electrons. The highest BCUT2D eigenvalue weighted by molar-refractivity contribution is 6.05. The van der Waals surface area contributed by atoms with Crippen LogP contribution in [0.3, 0.4) is 0 Å². The van der Waals surface area contributed by atoms with Crippen molar-refractivity contribution in [3.8, 4) is 16.9 Å². The maximum Gasteiger partial charge on any atom is 0.255 e. The first-order valence-electron chi connectivity index (χ1n) is 9.36. The summed E-state index contributed by atoms with van der Waals surface area (Å²) in [6.07, 6.45) is 2.27. The zero-order valence-corrected chi connectivity index (χ0v) is 15.4. The van der Waals surface area contributed by atoms with Crippen LogP contribution in [0.25, 0.3) is 16.9 Å². The third-order valence-electron chi connectivity index (χ3n) is 5.37. The number of aromatic nitrogens is 3. The number of piperidine rings is 1. The standard InChI is InChI=1S/C21H17N5O3/c27-19-9-8-17(20(28)23-19)25-12-14-10-13(6-7-16(14)21(25)29)18-11-22-24-26(18)15-4-2-1-3-5-15/h1-7,10-11,17H,8-9,12H2,(H,23,27,28). The summed E-state index contributed by atoms with van der Waals surface area (Å²) in [6, 6.07) is 14.7. The summed E-state index contributed by atoms with van der Waals surface area (Å²) in [7, 11) is 0. The lowest BCUT2D eigenvalue weighted by Crippen LogP contribution is -2.52. The summed E-state index contributed by atoms with van der Waals surface area (Å²) in [5, 5.41) is 10.5. The number of nitrogens with one attached hydrogen (secondary N) is 1. The average molecular weight is 387 g/mol. The van der Waals surface area contributed by atoms with Crippen molar-refractivity contribution >= 4 is 17.7 Å². The van der Waals surface area contributed by atoms with Crippen molar-refractivity contribution in [3.63, 3.8) is 0 Å². The van der Waals surface area contributed by atoms with Gasteiger partial charge >= 0.3 is 0 Å². The molecule has 0 bridgehead atoms. The fourth-order valence-electron chi connectivity index (χ4n) is 3.93. The summed E-state index contributed by atoms with van der Waals surface area (Å²) in [5.41, 5.74) is 4.01. The van der Waals surface area contributed by atoms with E-state index in [1.165, 1.54) is 0 Å².